The van der Waals surface area contributed by atoms with Crippen molar-refractivity contribution in [2.45, 2.75) is 6.92 Å². The van der Waals surface area contributed by atoms with E-state index in [0.717, 1.165) is 44.8 Å². The molecule has 0 amide bonds. The summed E-state index contributed by atoms with van der Waals surface area (Å²) in [5, 5.41) is 14.5. The molecule has 0 saturated carbocycles. The fraction of sp³-hybridized carbons (Fsp3) is 0.571. The Balaban J connectivity index is 2.01. The van der Waals surface area contributed by atoms with Crippen LogP contribution in [0.15, 0.2) is 18.2 Å². The van der Waals surface area contributed by atoms with Crippen LogP contribution >= 0.6 is 0 Å². The number of likely N-dealkylation sites (N-methyl/N-ethyl adjacent to an activating group) is 1. The van der Waals surface area contributed by atoms with Gasteiger partial charge in [-0.15, -0.1) is 0 Å². The van der Waals surface area contributed by atoms with Crippen LogP contribution in [0.4, 0.5) is 11.4 Å². The van der Waals surface area contributed by atoms with Gasteiger partial charge in [0.15, 0.2) is 0 Å². The molecule has 6 nitrogen and oxygen atoms in total. The highest BCUT2D eigenvalue weighted by molar-refractivity contribution is 5.63. The molecule has 110 valence electrons. The molecule has 1 aliphatic heterocycles. The first-order valence-corrected chi connectivity index (χ1v) is 6.97. The molecule has 1 N–H and O–H groups in total. The number of anilines is 1. The van der Waals surface area contributed by atoms with Gasteiger partial charge in [0.25, 0.3) is 5.69 Å². The highest BCUT2D eigenvalue weighted by Gasteiger charge is 2.18. The zero-order chi connectivity index (χ0) is 14.5. The third kappa shape index (κ3) is 3.68. The second-order valence-corrected chi connectivity index (χ2v) is 5.26. The lowest BCUT2D eigenvalue weighted by Crippen LogP contribution is -2.46. The smallest absolute Gasteiger partial charge is 0.292 e. The monoisotopic (exact) mass is 278 g/mol. The number of rotatable bonds is 5. The van der Waals surface area contributed by atoms with Gasteiger partial charge in [-0.1, -0.05) is 6.07 Å². The molecule has 1 saturated heterocycles. The Morgan fingerprint density at radius 1 is 1.40 bits per heavy atom. The highest BCUT2D eigenvalue weighted by atomic mass is 16.6. The molecule has 1 aromatic rings. The van der Waals surface area contributed by atoms with Gasteiger partial charge in [-0.25, -0.2) is 0 Å². The lowest BCUT2D eigenvalue weighted by molar-refractivity contribution is -0.384. The number of aryl methyl sites for hydroxylation is 1. The van der Waals surface area contributed by atoms with E-state index in [2.05, 4.69) is 10.2 Å². The van der Waals surface area contributed by atoms with Crippen molar-refractivity contribution in [2.24, 2.45) is 0 Å². The second kappa shape index (κ2) is 6.67. The van der Waals surface area contributed by atoms with Crippen LogP contribution in [-0.4, -0.2) is 56.1 Å². The van der Waals surface area contributed by atoms with Crippen LogP contribution in [0, 0.1) is 17.0 Å². The molecule has 1 heterocycles. The van der Waals surface area contributed by atoms with Gasteiger partial charge in [0.1, 0.15) is 5.69 Å². The van der Waals surface area contributed by atoms with Crippen molar-refractivity contribution >= 4 is 11.4 Å². The topological polar surface area (TPSA) is 61.6 Å². The van der Waals surface area contributed by atoms with E-state index in [-0.39, 0.29) is 10.6 Å². The van der Waals surface area contributed by atoms with Gasteiger partial charge in [-0.2, -0.15) is 0 Å². The summed E-state index contributed by atoms with van der Waals surface area (Å²) in [6.07, 6.45) is 0. The lowest BCUT2D eigenvalue weighted by atomic mass is 10.2. The van der Waals surface area contributed by atoms with E-state index in [1.807, 2.05) is 31.0 Å². The Kier molecular flexibility index (Phi) is 4.92. The fourth-order valence-corrected chi connectivity index (χ4v) is 2.45. The molecule has 0 aliphatic carbocycles. The standard InChI is InChI=1S/C14H22N4O2/c1-12-3-4-13(14(11-12)18(19)20)16(2)9-10-17-7-5-15-6-8-17/h3-4,11,15H,5-10H2,1-2H3. The first-order valence-electron chi connectivity index (χ1n) is 6.97. The first-order chi connectivity index (χ1) is 9.58. The Bertz CT molecular complexity index is 472. The lowest BCUT2D eigenvalue weighted by Gasteiger charge is -2.29. The van der Waals surface area contributed by atoms with Crippen molar-refractivity contribution < 1.29 is 4.92 Å². The van der Waals surface area contributed by atoms with E-state index in [9.17, 15) is 10.1 Å². The third-order valence-corrected chi connectivity index (χ3v) is 3.70. The number of hydrogen-bond donors (Lipinski definition) is 1. The molecule has 2 rings (SSSR count). The summed E-state index contributed by atoms with van der Waals surface area (Å²) in [6.45, 7) is 7.74. The van der Waals surface area contributed by atoms with Gasteiger partial charge >= 0.3 is 0 Å². The molecule has 1 aromatic carbocycles. The zero-order valence-electron chi connectivity index (χ0n) is 12.1. The Morgan fingerprint density at radius 2 is 2.10 bits per heavy atom. The summed E-state index contributed by atoms with van der Waals surface area (Å²) < 4.78 is 0. The van der Waals surface area contributed by atoms with Crippen LogP contribution in [0.2, 0.25) is 0 Å². The van der Waals surface area contributed by atoms with Crippen LogP contribution in [0.25, 0.3) is 0 Å². The second-order valence-electron chi connectivity index (χ2n) is 5.26. The minimum atomic E-state index is -0.302. The maximum atomic E-state index is 11.1. The molecule has 6 heteroatoms. The maximum Gasteiger partial charge on any atom is 0.292 e. The van der Waals surface area contributed by atoms with Crippen molar-refractivity contribution in [3.8, 4) is 0 Å². The van der Waals surface area contributed by atoms with Crippen LogP contribution in [0.5, 0.6) is 0 Å². The van der Waals surface area contributed by atoms with Gasteiger partial charge < -0.3 is 10.2 Å². The predicted molar refractivity (Wildman–Crippen MR) is 80.4 cm³/mol. The van der Waals surface area contributed by atoms with Crippen LogP contribution in [0.1, 0.15) is 5.56 Å². The fourth-order valence-electron chi connectivity index (χ4n) is 2.45. The maximum absolute atomic E-state index is 11.1. The summed E-state index contributed by atoms with van der Waals surface area (Å²) in [6, 6.07) is 5.39. The number of benzene rings is 1. The molecular weight excluding hydrogens is 256 g/mol. The van der Waals surface area contributed by atoms with Gasteiger partial charge in [0, 0.05) is 52.4 Å². The largest absolute Gasteiger partial charge is 0.368 e. The van der Waals surface area contributed by atoms with E-state index in [0.29, 0.717) is 5.69 Å². The molecule has 0 unspecified atom stereocenters. The van der Waals surface area contributed by atoms with Crippen molar-refractivity contribution in [1.82, 2.24) is 10.2 Å². The number of nitrogens with one attached hydrogen (secondary N) is 1. The van der Waals surface area contributed by atoms with E-state index >= 15 is 0 Å². The molecule has 20 heavy (non-hydrogen) atoms. The van der Waals surface area contributed by atoms with E-state index in [1.165, 1.54) is 0 Å². The quantitative estimate of drug-likeness (QED) is 0.648. The van der Waals surface area contributed by atoms with Crippen LogP contribution in [-0.2, 0) is 0 Å². The van der Waals surface area contributed by atoms with Crippen LogP contribution < -0.4 is 10.2 Å². The Morgan fingerprint density at radius 3 is 2.75 bits per heavy atom. The molecule has 1 fully saturated rings. The molecule has 1 aliphatic rings. The number of nitro benzene ring substituents is 1. The number of hydrogen-bond acceptors (Lipinski definition) is 5. The van der Waals surface area contributed by atoms with E-state index in [1.54, 1.807) is 6.07 Å². The van der Waals surface area contributed by atoms with Crippen molar-refractivity contribution in [2.75, 3.05) is 51.2 Å². The molecule has 0 bridgehead atoms. The number of piperazine rings is 1. The number of nitro groups is 1. The number of nitrogens with zero attached hydrogens (tertiary/aromatic N) is 3. The van der Waals surface area contributed by atoms with Crippen molar-refractivity contribution in [1.29, 1.82) is 0 Å². The molecular formula is C14H22N4O2. The zero-order valence-corrected chi connectivity index (χ0v) is 12.1. The van der Waals surface area contributed by atoms with E-state index in [4.69, 9.17) is 0 Å². The highest BCUT2D eigenvalue weighted by Crippen LogP contribution is 2.28. The van der Waals surface area contributed by atoms with Gasteiger partial charge in [-0.3, -0.25) is 15.0 Å². The van der Waals surface area contributed by atoms with Crippen molar-refractivity contribution in [3.05, 3.63) is 33.9 Å². The third-order valence-electron chi connectivity index (χ3n) is 3.70. The molecule has 0 atom stereocenters. The van der Waals surface area contributed by atoms with Crippen molar-refractivity contribution in [3.63, 3.8) is 0 Å². The summed E-state index contributed by atoms with van der Waals surface area (Å²) in [5.41, 5.74) is 1.79. The predicted octanol–water partition coefficient (Wildman–Crippen LogP) is 1.24. The van der Waals surface area contributed by atoms with E-state index < -0.39 is 0 Å². The van der Waals surface area contributed by atoms with Gasteiger partial charge in [0.2, 0.25) is 0 Å². The Labute approximate surface area is 119 Å². The summed E-state index contributed by atoms with van der Waals surface area (Å²) in [5.74, 6) is 0. The Hall–Kier alpha value is -1.66. The average Bonchev–Trinajstić information content (AvgIpc) is 2.45. The SMILES string of the molecule is Cc1ccc(N(C)CCN2CCNCC2)c([N+](=O)[O-])c1. The van der Waals surface area contributed by atoms with Crippen LogP contribution in [0.3, 0.4) is 0 Å². The minimum absolute atomic E-state index is 0.188. The molecule has 0 radical (unpaired) electrons. The summed E-state index contributed by atoms with van der Waals surface area (Å²) in [4.78, 5) is 15.2. The minimum Gasteiger partial charge on any atom is -0.368 e. The molecule has 0 aromatic heterocycles. The molecule has 0 spiro atoms. The first kappa shape index (κ1) is 14.7. The normalized spacial score (nSPS) is 16.1. The van der Waals surface area contributed by atoms with Gasteiger partial charge in [0.05, 0.1) is 4.92 Å². The average molecular weight is 278 g/mol. The van der Waals surface area contributed by atoms with Gasteiger partial charge in [-0.05, 0) is 18.6 Å². The summed E-state index contributed by atoms with van der Waals surface area (Å²) in [7, 11) is 1.92. The summed E-state index contributed by atoms with van der Waals surface area (Å²) >= 11 is 0.